The molecule has 10 heteroatoms. The van der Waals surface area contributed by atoms with Crippen LogP contribution in [0.1, 0.15) is 39.0 Å². The Labute approximate surface area is 208 Å². The van der Waals surface area contributed by atoms with Crippen LogP contribution in [0.15, 0.2) is 54.6 Å². The lowest BCUT2D eigenvalue weighted by Gasteiger charge is -2.40. The van der Waals surface area contributed by atoms with Crippen molar-refractivity contribution in [3.63, 3.8) is 0 Å². The van der Waals surface area contributed by atoms with Crippen LogP contribution >= 0.6 is 0 Å². The van der Waals surface area contributed by atoms with Crippen LogP contribution in [0, 0.1) is 5.82 Å². The minimum atomic E-state index is -1.23. The first kappa shape index (κ1) is 24.9. The Hall–Kier alpha value is -4.21. The van der Waals surface area contributed by atoms with Crippen LogP contribution < -0.4 is 15.4 Å². The molecule has 1 aliphatic rings. The second-order valence-electron chi connectivity index (χ2n) is 8.84. The van der Waals surface area contributed by atoms with E-state index in [1.807, 2.05) is 24.3 Å². The van der Waals surface area contributed by atoms with Crippen molar-refractivity contribution in [3.05, 3.63) is 82.9 Å². The maximum atomic E-state index is 13.1. The van der Waals surface area contributed by atoms with Crippen LogP contribution in [0.25, 0.3) is 0 Å². The van der Waals surface area contributed by atoms with E-state index in [-0.39, 0.29) is 36.2 Å². The zero-order valence-corrected chi connectivity index (χ0v) is 20.4. The predicted octanol–water partition coefficient (Wildman–Crippen LogP) is 2.16. The Balaban J connectivity index is 1.42. The Bertz CT molecular complexity index is 1290. The number of nitrogens with zero attached hydrogens (tertiary/aromatic N) is 3. The van der Waals surface area contributed by atoms with Gasteiger partial charge in [-0.15, -0.1) is 0 Å². The summed E-state index contributed by atoms with van der Waals surface area (Å²) in [7, 11) is 3.14. The highest BCUT2D eigenvalue weighted by Crippen LogP contribution is 2.26. The van der Waals surface area contributed by atoms with Gasteiger partial charge in [-0.2, -0.15) is 5.10 Å². The largest absolute Gasteiger partial charge is 0.496 e. The smallest absolute Gasteiger partial charge is 0.272 e. The van der Waals surface area contributed by atoms with Crippen molar-refractivity contribution in [2.45, 2.75) is 32.0 Å². The van der Waals surface area contributed by atoms with E-state index in [0.717, 1.165) is 16.9 Å². The second-order valence-corrected chi connectivity index (χ2v) is 8.84. The van der Waals surface area contributed by atoms with Crippen LogP contribution in [0.3, 0.4) is 0 Å². The quantitative estimate of drug-likeness (QED) is 0.500. The molecular formula is C26H28FN5O4. The molecule has 0 saturated carbocycles. The normalized spacial score (nSPS) is 16.9. The number of carbonyl (C=O) groups excluding carboxylic acids is 3. The van der Waals surface area contributed by atoms with Crippen LogP contribution in [0.2, 0.25) is 0 Å². The monoisotopic (exact) mass is 493 g/mol. The molecule has 3 aromatic rings. The number of hydrogen-bond acceptors (Lipinski definition) is 5. The number of nitrogens with one attached hydrogen (secondary N) is 2. The molecule has 9 nitrogen and oxygen atoms in total. The van der Waals surface area contributed by atoms with E-state index in [9.17, 15) is 18.8 Å². The van der Waals surface area contributed by atoms with Crippen LogP contribution in [-0.4, -0.2) is 58.6 Å². The average Bonchev–Trinajstić information content (AvgIpc) is 3.31. The Morgan fingerprint density at radius 2 is 1.86 bits per heavy atom. The number of methoxy groups -OCH3 is 1. The molecule has 1 aliphatic heterocycles. The molecule has 0 fully saturated rings. The molecule has 0 spiro atoms. The van der Waals surface area contributed by atoms with Crippen molar-refractivity contribution in [2.24, 2.45) is 0 Å². The van der Waals surface area contributed by atoms with Gasteiger partial charge in [0.15, 0.2) is 5.69 Å². The lowest BCUT2D eigenvalue weighted by atomic mass is 9.96. The number of fused-ring (bicyclic) bond motifs is 1. The Morgan fingerprint density at radius 1 is 1.14 bits per heavy atom. The Kier molecular flexibility index (Phi) is 7.05. The Morgan fingerprint density at radius 3 is 2.58 bits per heavy atom. The van der Waals surface area contributed by atoms with Gasteiger partial charge in [0.05, 0.1) is 13.7 Å². The van der Waals surface area contributed by atoms with Gasteiger partial charge in [-0.05, 0) is 42.7 Å². The fourth-order valence-electron chi connectivity index (χ4n) is 4.12. The van der Waals surface area contributed by atoms with E-state index >= 15 is 0 Å². The predicted molar refractivity (Wildman–Crippen MR) is 130 cm³/mol. The van der Waals surface area contributed by atoms with Gasteiger partial charge in [-0.25, -0.2) is 4.39 Å². The highest BCUT2D eigenvalue weighted by Gasteiger charge is 2.46. The van der Waals surface area contributed by atoms with Gasteiger partial charge in [-0.1, -0.05) is 30.3 Å². The minimum Gasteiger partial charge on any atom is -0.496 e. The van der Waals surface area contributed by atoms with E-state index in [1.54, 1.807) is 33.2 Å². The summed E-state index contributed by atoms with van der Waals surface area (Å²) in [6, 6.07) is 14.8. The molecular weight excluding hydrogens is 465 g/mol. The standard InChI is InChI=1S/C26H28FN5O4/c1-26(25(35)29-15-17-8-10-19(27)11-9-17)16-32-21(24(34)31(26)2)14-20(30-32)23(33)28-13-12-18-6-4-5-7-22(18)36-3/h4-11,14H,12-13,15-16H2,1-3H3,(H,28,33)(H,29,35). The molecule has 1 aromatic heterocycles. The first-order valence-corrected chi connectivity index (χ1v) is 11.5. The molecule has 0 saturated heterocycles. The van der Waals surface area contributed by atoms with Crippen LogP contribution in [-0.2, 0) is 24.3 Å². The number of halogens is 1. The first-order valence-electron chi connectivity index (χ1n) is 11.5. The number of aromatic nitrogens is 2. The number of rotatable bonds is 8. The average molecular weight is 494 g/mol. The molecule has 36 heavy (non-hydrogen) atoms. The van der Waals surface area contributed by atoms with Gasteiger partial charge >= 0.3 is 0 Å². The third-order valence-electron chi connectivity index (χ3n) is 6.46. The maximum Gasteiger partial charge on any atom is 0.272 e. The van der Waals surface area contributed by atoms with Gasteiger partial charge in [0.25, 0.3) is 11.8 Å². The summed E-state index contributed by atoms with van der Waals surface area (Å²) in [6.45, 7) is 2.26. The molecule has 1 unspecified atom stereocenters. The molecule has 2 heterocycles. The topological polar surface area (TPSA) is 106 Å². The van der Waals surface area contributed by atoms with E-state index in [4.69, 9.17) is 4.74 Å². The summed E-state index contributed by atoms with van der Waals surface area (Å²) >= 11 is 0. The molecule has 0 bridgehead atoms. The van der Waals surface area contributed by atoms with Gasteiger partial charge in [0, 0.05) is 26.2 Å². The zero-order chi connectivity index (χ0) is 25.9. The summed E-state index contributed by atoms with van der Waals surface area (Å²) in [5.74, 6) is -0.826. The first-order chi connectivity index (χ1) is 17.2. The second kappa shape index (κ2) is 10.2. The number of likely N-dealkylation sites (N-methyl/N-ethyl adjacent to an activating group) is 1. The third kappa shape index (κ3) is 4.93. The summed E-state index contributed by atoms with van der Waals surface area (Å²) < 4.78 is 19.9. The van der Waals surface area contributed by atoms with E-state index in [0.29, 0.717) is 13.0 Å². The molecule has 188 valence electrons. The highest BCUT2D eigenvalue weighted by molar-refractivity contribution is 6.01. The number of ether oxygens (including phenoxy) is 1. The van der Waals surface area contributed by atoms with Gasteiger partial charge < -0.3 is 20.3 Å². The maximum absolute atomic E-state index is 13.1. The minimum absolute atomic E-state index is 0.0777. The molecule has 3 amide bonds. The van der Waals surface area contributed by atoms with Crippen LogP contribution in [0.4, 0.5) is 4.39 Å². The van der Waals surface area contributed by atoms with Gasteiger partial charge in [0.1, 0.15) is 22.8 Å². The zero-order valence-electron chi connectivity index (χ0n) is 20.4. The van der Waals surface area contributed by atoms with E-state index < -0.39 is 17.4 Å². The van der Waals surface area contributed by atoms with Crippen molar-refractivity contribution in [1.29, 1.82) is 0 Å². The summed E-state index contributed by atoms with van der Waals surface area (Å²) in [5.41, 5.74) is 0.792. The number of carbonyl (C=O) groups is 3. The van der Waals surface area contributed by atoms with Gasteiger partial charge in [-0.3, -0.25) is 19.1 Å². The number of amides is 3. The lowest BCUT2D eigenvalue weighted by Crippen LogP contribution is -2.62. The van der Waals surface area contributed by atoms with Crippen molar-refractivity contribution in [1.82, 2.24) is 25.3 Å². The fraction of sp³-hybridized carbons (Fsp3) is 0.308. The summed E-state index contributed by atoms with van der Waals surface area (Å²) in [4.78, 5) is 40.2. The number of para-hydroxylation sites is 1. The van der Waals surface area contributed by atoms with Gasteiger partial charge in [0.2, 0.25) is 5.91 Å². The number of benzene rings is 2. The third-order valence-corrected chi connectivity index (χ3v) is 6.46. The molecule has 2 aromatic carbocycles. The van der Waals surface area contributed by atoms with Crippen LogP contribution in [0.5, 0.6) is 5.75 Å². The summed E-state index contributed by atoms with van der Waals surface area (Å²) in [5, 5.41) is 9.94. The van der Waals surface area contributed by atoms with Crippen molar-refractivity contribution >= 4 is 17.7 Å². The molecule has 4 rings (SSSR count). The van der Waals surface area contributed by atoms with Crippen molar-refractivity contribution in [3.8, 4) is 5.75 Å². The molecule has 0 radical (unpaired) electrons. The molecule has 2 N–H and O–H groups in total. The number of hydrogen-bond donors (Lipinski definition) is 2. The van der Waals surface area contributed by atoms with E-state index in [2.05, 4.69) is 15.7 Å². The summed E-state index contributed by atoms with van der Waals surface area (Å²) in [6.07, 6.45) is 0.567. The fourth-order valence-corrected chi connectivity index (χ4v) is 4.12. The molecule has 1 atom stereocenters. The SMILES string of the molecule is COc1ccccc1CCNC(=O)c1cc2n(n1)CC(C)(C(=O)NCc1ccc(F)cc1)N(C)C2=O. The van der Waals surface area contributed by atoms with Crippen molar-refractivity contribution in [2.75, 3.05) is 20.7 Å². The highest BCUT2D eigenvalue weighted by atomic mass is 19.1. The van der Waals surface area contributed by atoms with E-state index in [1.165, 1.54) is 27.8 Å². The lowest BCUT2D eigenvalue weighted by molar-refractivity contribution is -0.132. The molecule has 0 aliphatic carbocycles. The van der Waals surface area contributed by atoms with Crippen molar-refractivity contribution < 1.29 is 23.5 Å².